The number of aromatic hydroxyl groups is 1. The number of esters is 1. The molecule has 162 valence electrons. The summed E-state index contributed by atoms with van der Waals surface area (Å²) in [6, 6.07) is 9.98. The molecular weight excluding hydrogens is 418 g/mol. The molecule has 0 bridgehead atoms. The number of phenols is 1. The van der Waals surface area contributed by atoms with E-state index in [0.717, 1.165) is 25.9 Å². The molecule has 1 saturated heterocycles. The number of benzene rings is 2. The van der Waals surface area contributed by atoms with Gasteiger partial charge in [0.15, 0.2) is 5.78 Å². The Morgan fingerprint density at radius 1 is 1.16 bits per heavy atom. The Kier molecular flexibility index (Phi) is 6.30. The van der Waals surface area contributed by atoms with E-state index in [9.17, 15) is 14.7 Å². The van der Waals surface area contributed by atoms with E-state index in [2.05, 4.69) is 4.90 Å². The van der Waals surface area contributed by atoms with Crippen LogP contribution in [0.2, 0.25) is 5.02 Å². The molecule has 31 heavy (non-hydrogen) atoms. The number of phenolic OH excluding ortho intramolecular Hbond substituents is 1. The third-order valence-corrected chi connectivity index (χ3v) is 6.20. The summed E-state index contributed by atoms with van der Waals surface area (Å²) in [5, 5.41) is 11.8. The lowest BCUT2D eigenvalue weighted by molar-refractivity contribution is -0.142. The van der Waals surface area contributed by atoms with Gasteiger partial charge in [0.25, 0.3) is 0 Å². The van der Waals surface area contributed by atoms with Crippen molar-refractivity contribution < 1.29 is 23.8 Å². The van der Waals surface area contributed by atoms with E-state index < -0.39 is 0 Å². The van der Waals surface area contributed by atoms with E-state index in [1.807, 2.05) is 0 Å². The van der Waals surface area contributed by atoms with E-state index in [1.165, 1.54) is 13.4 Å². The first-order valence-corrected chi connectivity index (χ1v) is 10.7. The predicted octanol–water partition coefficient (Wildman–Crippen LogP) is 4.80. The van der Waals surface area contributed by atoms with Crippen molar-refractivity contribution in [1.29, 1.82) is 0 Å². The Morgan fingerprint density at radius 2 is 1.87 bits per heavy atom. The summed E-state index contributed by atoms with van der Waals surface area (Å²) >= 11 is 5.94. The highest BCUT2D eigenvalue weighted by Crippen LogP contribution is 2.34. The number of ketones is 1. The predicted molar refractivity (Wildman–Crippen MR) is 117 cm³/mol. The quantitative estimate of drug-likeness (QED) is 0.437. The number of piperidine rings is 1. The third kappa shape index (κ3) is 4.60. The van der Waals surface area contributed by atoms with Gasteiger partial charge in [-0.2, -0.15) is 0 Å². The average Bonchev–Trinajstić information content (AvgIpc) is 3.21. The van der Waals surface area contributed by atoms with Gasteiger partial charge in [0.2, 0.25) is 0 Å². The van der Waals surface area contributed by atoms with E-state index in [4.69, 9.17) is 20.8 Å². The molecule has 6 nitrogen and oxygen atoms in total. The molecule has 1 aliphatic rings. The molecule has 0 aliphatic carbocycles. The molecule has 7 heteroatoms. The monoisotopic (exact) mass is 441 g/mol. The molecule has 1 aliphatic heterocycles. The Balaban J connectivity index is 1.58. The Bertz CT molecular complexity index is 1100. The molecule has 4 rings (SSSR count). The number of halogens is 1. The maximum absolute atomic E-state index is 13.1. The van der Waals surface area contributed by atoms with Crippen LogP contribution in [0.3, 0.4) is 0 Å². The number of hydrogen-bond acceptors (Lipinski definition) is 6. The van der Waals surface area contributed by atoms with Gasteiger partial charge in [-0.3, -0.25) is 14.5 Å². The Morgan fingerprint density at radius 3 is 2.55 bits per heavy atom. The molecule has 0 atom stereocenters. The van der Waals surface area contributed by atoms with E-state index in [-0.39, 0.29) is 17.5 Å². The summed E-state index contributed by atoms with van der Waals surface area (Å²) in [5.41, 5.74) is 2.16. The Labute approximate surface area is 185 Å². The van der Waals surface area contributed by atoms with Crippen LogP contribution in [0.5, 0.6) is 5.75 Å². The zero-order chi connectivity index (χ0) is 22.0. The maximum Gasteiger partial charge on any atom is 0.305 e. The van der Waals surface area contributed by atoms with Crippen LogP contribution >= 0.6 is 11.6 Å². The first-order chi connectivity index (χ1) is 15.0. The molecule has 0 spiro atoms. The minimum atomic E-state index is -0.181. The van der Waals surface area contributed by atoms with Crippen molar-refractivity contribution in [1.82, 2.24) is 4.90 Å². The van der Waals surface area contributed by atoms with Gasteiger partial charge in [-0.1, -0.05) is 11.6 Å². The maximum atomic E-state index is 13.1. The van der Waals surface area contributed by atoms with Crippen LogP contribution in [0.25, 0.3) is 11.0 Å². The van der Waals surface area contributed by atoms with Gasteiger partial charge in [0, 0.05) is 34.5 Å². The van der Waals surface area contributed by atoms with Gasteiger partial charge in [-0.15, -0.1) is 0 Å². The van der Waals surface area contributed by atoms with Crippen LogP contribution in [-0.2, 0) is 16.1 Å². The minimum Gasteiger partial charge on any atom is -0.508 e. The number of furan rings is 1. The van der Waals surface area contributed by atoms with Crippen molar-refractivity contribution in [3.8, 4) is 5.75 Å². The standard InChI is InChI=1S/C24H24ClNO5/c1-30-22(28)12-15-8-10-26(11-9-15)13-18-20(27)6-7-21-23(18)19(14-31-21)24(29)16-2-4-17(25)5-3-16/h2-7,14-15,27H,8-13H2,1H3. The normalized spacial score (nSPS) is 15.3. The highest BCUT2D eigenvalue weighted by Gasteiger charge is 2.25. The molecular formula is C24H24ClNO5. The lowest BCUT2D eigenvalue weighted by atomic mass is 9.92. The second kappa shape index (κ2) is 9.12. The van der Waals surface area contributed by atoms with E-state index >= 15 is 0 Å². The largest absolute Gasteiger partial charge is 0.508 e. The molecule has 1 fully saturated rings. The van der Waals surface area contributed by atoms with Gasteiger partial charge in [0.05, 0.1) is 12.7 Å². The zero-order valence-corrected chi connectivity index (χ0v) is 18.0. The highest BCUT2D eigenvalue weighted by atomic mass is 35.5. The Hall–Kier alpha value is -2.83. The summed E-state index contributed by atoms with van der Waals surface area (Å²) in [7, 11) is 1.41. The van der Waals surface area contributed by atoms with Gasteiger partial charge >= 0.3 is 5.97 Å². The molecule has 2 heterocycles. The van der Waals surface area contributed by atoms with Crippen LogP contribution in [0.15, 0.2) is 47.1 Å². The zero-order valence-electron chi connectivity index (χ0n) is 17.3. The first-order valence-electron chi connectivity index (χ1n) is 10.3. The number of fused-ring (bicyclic) bond motifs is 1. The third-order valence-electron chi connectivity index (χ3n) is 5.95. The van der Waals surface area contributed by atoms with Crippen LogP contribution in [0, 0.1) is 5.92 Å². The number of ether oxygens (including phenoxy) is 1. The number of nitrogens with zero attached hydrogens (tertiary/aromatic N) is 1. The molecule has 1 aromatic heterocycles. The van der Waals surface area contributed by atoms with Crippen LogP contribution in [0.1, 0.15) is 40.7 Å². The van der Waals surface area contributed by atoms with Gasteiger partial charge in [0.1, 0.15) is 17.6 Å². The molecule has 3 aromatic rings. The highest BCUT2D eigenvalue weighted by molar-refractivity contribution is 6.30. The molecule has 0 amide bonds. The number of likely N-dealkylation sites (tertiary alicyclic amines) is 1. The lowest BCUT2D eigenvalue weighted by Gasteiger charge is -2.31. The summed E-state index contributed by atoms with van der Waals surface area (Å²) in [6.07, 6.45) is 3.65. The van der Waals surface area contributed by atoms with Crippen molar-refractivity contribution in [2.75, 3.05) is 20.2 Å². The summed E-state index contributed by atoms with van der Waals surface area (Å²) in [5.74, 6) is 0.0865. The SMILES string of the molecule is COC(=O)CC1CCN(Cc2c(O)ccc3occ(C(=O)c4ccc(Cl)cc4)c23)CC1. The number of carbonyl (C=O) groups excluding carboxylic acids is 2. The van der Waals surface area contributed by atoms with Crippen LogP contribution < -0.4 is 0 Å². The van der Waals surface area contributed by atoms with Gasteiger partial charge in [-0.25, -0.2) is 0 Å². The second-order valence-corrected chi connectivity index (χ2v) is 8.36. The molecule has 0 radical (unpaired) electrons. The molecule has 2 aromatic carbocycles. The fourth-order valence-electron chi connectivity index (χ4n) is 4.17. The minimum absolute atomic E-state index is 0.135. The lowest BCUT2D eigenvalue weighted by Crippen LogP contribution is -2.34. The second-order valence-electron chi connectivity index (χ2n) is 7.92. The van der Waals surface area contributed by atoms with Crippen LogP contribution in [-0.4, -0.2) is 42.0 Å². The molecule has 0 saturated carbocycles. The number of hydrogen-bond donors (Lipinski definition) is 1. The first kappa shape index (κ1) is 21.4. The fraction of sp³-hybridized carbons (Fsp3) is 0.333. The average molecular weight is 442 g/mol. The molecule has 1 N–H and O–H groups in total. The van der Waals surface area contributed by atoms with Crippen molar-refractivity contribution in [2.45, 2.75) is 25.8 Å². The van der Waals surface area contributed by atoms with Crippen molar-refractivity contribution in [2.24, 2.45) is 5.92 Å². The van der Waals surface area contributed by atoms with Gasteiger partial charge < -0.3 is 14.3 Å². The number of rotatable bonds is 6. The van der Waals surface area contributed by atoms with Crippen molar-refractivity contribution in [3.63, 3.8) is 0 Å². The fourth-order valence-corrected chi connectivity index (χ4v) is 4.29. The summed E-state index contributed by atoms with van der Waals surface area (Å²) in [4.78, 5) is 26.9. The van der Waals surface area contributed by atoms with Crippen molar-refractivity contribution >= 4 is 34.3 Å². The topological polar surface area (TPSA) is 80.0 Å². The number of carbonyl (C=O) groups is 2. The summed E-state index contributed by atoms with van der Waals surface area (Å²) < 4.78 is 10.4. The summed E-state index contributed by atoms with van der Waals surface area (Å²) in [6.45, 7) is 2.10. The van der Waals surface area contributed by atoms with Gasteiger partial charge in [-0.05, 0) is 68.2 Å². The van der Waals surface area contributed by atoms with Crippen molar-refractivity contribution in [3.05, 3.63) is 64.4 Å². The van der Waals surface area contributed by atoms with E-state index in [0.29, 0.717) is 51.6 Å². The molecule has 0 unspecified atom stereocenters. The number of methoxy groups -OCH3 is 1. The smallest absolute Gasteiger partial charge is 0.305 e. The van der Waals surface area contributed by atoms with Crippen LogP contribution in [0.4, 0.5) is 0 Å². The van der Waals surface area contributed by atoms with E-state index in [1.54, 1.807) is 36.4 Å².